The van der Waals surface area contributed by atoms with Gasteiger partial charge in [-0.15, -0.1) is 0 Å². The number of rotatable bonds is 2. The Balaban J connectivity index is 2.34. The fourth-order valence-corrected chi connectivity index (χ4v) is 1.82. The van der Waals surface area contributed by atoms with E-state index in [1.807, 2.05) is 24.3 Å². The van der Waals surface area contributed by atoms with Crippen LogP contribution < -0.4 is 11.1 Å². The van der Waals surface area contributed by atoms with Crippen LogP contribution in [-0.4, -0.2) is 9.97 Å². The third-order valence-electron chi connectivity index (χ3n) is 1.89. The highest BCUT2D eigenvalue weighted by molar-refractivity contribution is 14.1. The third kappa shape index (κ3) is 2.53. The van der Waals surface area contributed by atoms with Gasteiger partial charge in [0.15, 0.2) is 5.82 Å². The Hall–Kier alpha value is -1.08. The molecule has 0 saturated carbocycles. The smallest absolute Gasteiger partial charge is 0.222 e. The van der Waals surface area contributed by atoms with E-state index < -0.39 is 0 Å². The summed E-state index contributed by atoms with van der Waals surface area (Å²) in [7, 11) is 0. The van der Waals surface area contributed by atoms with E-state index in [0.29, 0.717) is 10.8 Å². The summed E-state index contributed by atoms with van der Waals surface area (Å²) in [6.07, 6.45) is 1.47. The van der Waals surface area contributed by atoms with Crippen molar-refractivity contribution in [1.82, 2.24) is 9.97 Å². The van der Waals surface area contributed by atoms with Crippen molar-refractivity contribution in [2.45, 2.75) is 0 Å². The van der Waals surface area contributed by atoms with Crippen LogP contribution >= 0.6 is 34.2 Å². The molecule has 0 fully saturated rings. The first-order valence-electron chi connectivity index (χ1n) is 4.46. The van der Waals surface area contributed by atoms with Crippen LogP contribution in [-0.2, 0) is 0 Å². The molecule has 0 bridgehead atoms. The van der Waals surface area contributed by atoms with Gasteiger partial charge < -0.3 is 11.1 Å². The van der Waals surface area contributed by atoms with Crippen LogP contribution in [0.2, 0.25) is 5.02 Å². The molecular weight excluding hydrogens is 338 g/mol. The van der Waals surface area contributed by atoms with E-state index in [2.05, 4.69) is 37.9 Å². The van der Waals surface area contributed by atoms with E-state index >= 15 is 0 Å². The molecule has 0 saturated heterocycles. The molecule has 2 aromatic rings. The molecule has 0 unspecified atom stereocenters. The Morgan fingerprint density at radius 3 is 2.81 bits per heavy atom. The van der Waals surface area contributed by atoms with E-state index in [0.717, 1.165) is 9.26 Å². The molecule has 0 aliphatic rings. The number of nitrogens with two attached hydrogens (primary N) is 1. The second-order valence-electron chi connectivity index (χ2n) is 3.03. The summed E-state index contributed by atoms with van der Waals surface area (Å²) in [5, 5.41) is 3.55. The maximum atomic E-state index is 5.95. The third-order valence-corrected chi connectivity index (χ3v) is 3.11. The van der Waals surface area contributed by atoms with Crippen LogP contribution in [0.15, 0.2) is 30.5 Å². The van der Waals surface area contributed by atoms with Crippen molar-refractivity contribution in [3.63, 3.8) is 0 Å². The predicted molar refractivity (Wildman–Crippen MR) is 73.9 cm³/mol. The van der Waals surface area contributed by atoms with Gasteiger partial charge in [-0.25, -0.2) is 4.98 Å². The zero-order valence-electron chi connectivity index (χ0n) is 8.11. The lowest BCUT2D eigenvalue weighted by Crippen LogP contribution is -2.01. The van der Waals surface area contributed by atoms with E-state index in [1.165, 1.54) is 6.20 Å². The van der Waals surface area contributed by atoms with E-state index in [4.69, 9.17) is 17.3 Å². The summed E-state index contributed by atoms with van der Waals surface area (Å²) < 4.78 is 1.08. The standard InChI is InChI=1S/C10H8ClIN4/c11-6-5-14-10(13)16-9(6)15-8-4-2-1-3-7(8)12/h1-5H,(H3,13,14,15,16). The molecule has 1 aromatic heterocycles. The largest absolute Gasteiger partial charge is 0.368 e. The first-order valence-corrected chi connectivity index (χ1v) is 5.92. The van der Waals surface area contributed by atoms with Gasteiger partial charge in [0.1, 0.15) is 5.02 Å². The van der Waals surface area contributed by atoms with E-state index in [1.54, 1.807) is 0 Å². The second-order valence-corrected chi connectivity index (χ2v) is 4.60. The van der Waals surface area contributed by atoms with Crippen LogP contribution in [0.1, 0.15) is 0 Å². The zero-order chi connectivity index (χ0) is 11.5. The molecule has 0 aliphatic carbocycles. The molecule has 0 spiro atoms. The van der Waals surface area contributed by atoms with Gasteiger partial charge in [0.25, 0.3) is 0 Å². The van der Waals surface area contributed by atoms with Gasteiger partial charge in [-0.05, 0) is 34.7 Å². The van der Waals surface area contributed by atoms with Gasteiger partial charge in [0, 0.05) is 3.57 Å². The van der Waals surface area contributed by atoms with Crippen LogP contribution in [0, 0.1) is 3.57 Å². The Kier molecular flexibility index (Phi) is 3.45. The number of nitrogens with one attached hydrogen (secondary N) is 1. The van der Waals surface area contributed by atoms with Gasteiger partial charge in [-0.3, -0.25) is 0 Å². The van der Waals surface area contributed by atoms with Crippen LogP contribution in [0.25, 0.3) is 0 Å². The van der Waals surface area contributed by atoms with Gasteiger partial charge in [-0.1, -0.05) is 23.7 Å². The minimum Gasteiger partial charge on any atom is -0.368 e. The molecule has 0 radical (unpaired) electrons. The molecule has 0 aliphatic heterocycles. The summed E-state index contributed by atoms with van der Waals surface area (Å²) in [6.45, 7) is 0. The highest BCUT2D eigenvalue weighted by atomic mass is 127. The Morgan fingerprint density at radius 1 is 1.31 bits per heavy atom. The molecule has 1 heterocycles. The second kappa shape index (κ2) is 4.84. The van der Waals surface area contributed by atoms with Crippen molar-refractivity contribution in [2.75, 3.05) is 11.1 Å². The lowest BCUT2D eigenvalue weighted by Gasteiger charge is -2.08. The van der Waals surface area contributed by atoms with Gasteiger partial charge in [0.05, 0.1) is 11.9 Å². The average Bonchev–Trinajstić information content (AvgIpc) is 2.27. The monoisotopic (exact) mass is 346 g/mol. The minimum absolute atomic E-state index is 0.192. The number of nitrogen functional groups attached to an aromatic ring is 1. The van der Waals surface area contributed by atoms with Crippen molar-refractivity contribution in [1.29, 1.82) is 0 Å². The fourth-order valence-electron chi connectivity index (χ4n) is 1.16. The quantitative estimate of drug-likeness (QED) is 0.820. The summed E-state index contributed by atoms with van der Waals surface area (Å²) in [5.74, 6) is 0.705. The van der Waals surface area contributed by atoms with Crippen LogP contribution in [0.5, 0.6) is 0 Å². The van der Waals surface area contributed by atoms with Crippen LogP contribution in [0.3, 0.4) is 0 Å². The molecule has 16 heavy (non-hydrogen) atoms. The minimum atomic E-state index is 0.192. The van der Waals surface area contributed by atoms with E-state index in [-0.39, 0.29) is 5.95 Å². The highest BCUT2D eigenvalue weighted by Crippen LogP contribution is 2.25. The molecule has 2 rings (SSSR count). The number of anilines is 3. The van der Waals surface area contributed by atoms with Crippen molar-refractivity contribution in [3.8, 4) is 0 Å². The van der Waals surface area contributed by atoms with E-state index in [9.17, 15) is 0 Å². The van der Waals surface area contributed by atoms with Crippen LogP contribution in [0.4, 0.5) is 17.5 Å². The molecule has 3 N–H and O–H groups in total. The van der Waals surface area contributed by atoms with Crippen molar-refractivity contribution in [2.24, 2.45) is 0 Å². The molecule has 4 nitrogen and oxygen atoms in total. The number of halogens is 2. The first kappa shape index (κ1) is 11.4. The molecule has 0 amide bonds. The average molecular weight is 347 g/mol. The normalized spacial score (nSPS) is 10.1. The summed E-state index contributed by atoms with van der Waals surface area (Å²) >= 11 is 8.18. The number of nitrogens with zero attached hydrogens (tertiary/aromatic N) is 2. The van der Waals surface area contributed by atoms with Crippen molar-refractivity contribution in [3.05, 3.63) is 39.1 Å². The molecular formula is C10H8ClIN4. The summed E-state index contributed by atoms with van der Waals surface area (Å²) in [4.78, 5) is 7.83. The predicted octanol–water partition coefficient (Wildman–Crippen LogP) is 3.06. The van der Waals surface area contributed by atoms with Crippen molar-refractivity contribution < 1.29 is 0 Å². The summed E-state index contributed by atoms with van der Waals surface area (Å²) in [6, 6.07) is 7.82. The number of benzene rings is 1. The summed E-state index contributed by atoms with van der Waals surface area (Å²) in [5.41, 5.74) is 6.43. The highest BCUT2D eigenvalue weighted by Gasteiger charge is 2.05. The molecule has 0 atom stereocenters. The number of hydrogen-bond acceptors (Lipinski definition) is 4. The fraction of sp³-hybridized carbons (Fsp3) is 0. The maximum Gasteiger partial charge on any atom is 0.222 e. The Morgan fingerprint density at radius 2 is 2.06 bits per heavy atom. The molecule has 1 aromatic carbocycles. The zero-order valence-corrected chi connectivity index (χ0v) is 11.0. The van der Waals surface area contributed by atoms with Gasteiger partial charge in [0.2, 0.25) is 5.95 Å². The molecule has 6 heteroatoms. The molecule has 82 valence electrons. The topological polar surface area (TPSA) is 63.8 Å². The lowest BCUT2D eigenvalue weighted by atomic mass is 10.3. The first-order chi connectivity index (χ1) is 7.66. The lowest BCUT2D eigenvalue weighted by molar-refractivity contribution is 1.18. The number of hydrogen-bond donors (Lipinski definition) is 2. The SMILES string of the molecule is Nc1ncc(Cl)c(Nc2ccccc2I)n1. The Labute approximate surface area is 111 Å². The number of para-hydroxylation sites is 1. The maximum absolute atomic E-state index is 5.95. The number of aromatic nitrogens is 2. The van der Waals surface area contributed by atoms with Gasteiger partial charge in [-0.2, -0.15) is 4.98 Å². The Bertz CT molecular complexity index is 518. The van der Waals surface area contributed by atoms with Gasteiger partial charge >= 0.3 is 0 Å². The van der Waals surface area contributed by atoms with Crippen molar-refractivity contribution >= 4 is 51.6 Å².